The molecule has 0 saturated heterocycles. The van der Waals surface area contributed by atoms with E-state index in [2.05, 4.69) is 15.5 Å². The van der Waals surface area contributed by atoms with Crippen molar-refractivity contribution in [3.05, 3.63) is 54.1 Å². The minimum Gasteiger partial charge on any atom is -0.305 e. The smallest absolute Gasteiger partial charge is 0.256 e. The third-order valence-electron chi connectivity index (χ3n) is 3.15. The van der Waals surface area contributed by atoms with Crippen LogP contribution in [0.2, 0.25) is 0 Å². The Labute approximate surface area is 123 Å². The van der Waals surface area contributed by atoms with Gasteiger partial charge in [-0.2, -0.15) is 5.10 Å². The Hall–Kier alpha value is -2.47. The molecular formula is C15H13N3O2S. The molecule has 0 unspecified atom stereocenters. The monoisotopic (exact) mass is 299 g/mol. The number of para-hydroxylation sites is 1. The summed E-state index contributed by atoms with van der Waals surface area (Å²) in [6, 6.07) is 14.2. The molecule has 2 N–H and O–H groups in total. The van der Waals surface area contributed by atoms with Crippen LogP contribution in [0, 0.1) is 0 Å². The molecule has 0 radical (unpaired) electrons. The van der Waals surface area contributed by atoms with E-state index in [9.17, 15) is 9.00 Å². The van der Waals surface area contributed by atoms with Crippen molar-refractivity contribution in [1.29, 1.82) is 0 Å². The fraction of sp³-hybridized carbons (Fsp3) is 0.0667. The van der Waals surface area contributed by atoms with E-state index in [0.717, 1.165) is 10.9 Å². The molecule has 1 aromatic heterocycles. The van der Waals surface area contributed by atoms with Crippen molar-refractivity contribution >= 4 is 33.4 Å². The van der Waals surface area contributed by atoms with Crippen LogP contribution in [0.5, 0.6) is 0 Å². The predicted molar refractivity (Wildman–Crippen MR) is 82.8 cm³/mol. The molecule has 0 saturated carbocycles. The van der Waals surface area contributed by atoms with Gasteiger partial charge < -0.3 is 5.32 Å². The van der Waals surface area contributed by atoms with Gasteiger partial charge in [-0.3, -0.25) is 14.1 Å². The van der Waals surface area contributed by atoms with Crippen molar-refractivity contribution < 1.29 is 9.00 Å². The number of carbonyl (C=O) groups is 1. The van der Waals surface area contributed by atoms with Gasteiger partial charge in [-0.25, -0.2) is 0 Å². The lowest BCUT2D eigenvalue weighted by atomic mass is 10.2. The Morgan fingerprint density at radius 1 is 1.14 bits per heavy atom. The predicted octanol–water partition coefficient (Wildman–Crippen LogP) is 2.55. The molecule has 3 rings (SSSR count). The molecule has 1 amide bonds. The molecule has 0 fully saturated rings. The van der Waals surface area contributed by atoms with Crippen molar-refractivity contribution in [2.24, 2.45) is 0 Å². The van der Waals surface area contributed by atoms with E-state index in [-0.39, 0.29) is 5.91 Å². The number of hydrogen-bond acceptors (Lipinski definition) is 3. The molecule has 1 heterocycles. The highest BCUT2D eigenvalue weighted by atomic mass is 32.2. The Morgan fingerprint density at radius 2 is 1.86 bits per heavy atom. The number of nitrogens with one attached hydrogen (secondary N) is 2. The van der Waals surface area contributed by atoms with Crippen molar-refractivity contribution in [3.8, 4) is 0 Å². The first kappa shape index (κ1) is 13.5. The van der Waals surface area contributed by atoms with Gasteiger partial charge in [0.05, 0.1) is 5.52 Å². The summed E-state index contributed by atoms with van der Waals surface area (Å²) in [7, 11) is -1.05. The van der Waals surface area contributed by atoms with Gasteiger partial charge in [0.1, 0.15) is 0 Å². The second-order valence-electron chi connectivity index (χ2n) is 4.55. The van der Waals surface area contributed by atoms with Gasteiger partial charge >= 0.3 is 0 Å². The molecule has 2 aromatic carbocycles. The maximum Gasteiger partial charge on any atom is 0.256 e. The number of aromatic nitrogens is 2. The zero-order valence-corrected chi connectivity index (χ0v) is 12.1. The number of fused-ring (bicyclic) bond motifs is 1. The fourth-order valence-corrected chi connectivity index (χ4v) is 2.56. The number of anilines is 1. The standard InChI is InChI=1S/C15H13N3O2S/c1-21(20)11-8-6-10(7-9-11)15(19)16-14-12-4-2-3-5-13(12)17-18-14/h2-9H,1H3,(H2,16,17,18,19)/t21-/m0/s1. The highest BCUT2D eigenvalue weighted by molar-refractivity contribution is 7.84. The summed E-state index contributed by atoms with van der Waals surface area (Å²) < 4.78 is 11.3. The van der Waals surface area contributed by atoms with Crippen LogP contribution in [-0.4, -0.2) is 26.6 Å². The average molecular weight is 299 g/mol. The van der Waals surface area contributed by atoms with Gasteiger partial charge in [0.15, 0.2) is 5.82 Å². The molecule has 106 valence electrons. The molecule has 6 heteroatoms. The molecule has 5 nitrogen and oxygen atoms in total. The zero-order valence-electron chi connectivity index (χ0n) is 11.3. The van der Waals surface area contributed by atoms with E-state index in [1.165, 1.54) is 0 Å². The quantitative estimate of drug-likeness (QED) is 0.780. The van der Waals surface area contributed by atoms with Crippen LogP contribution in [0.15, 0.2) is 53.4 Å². The normalized spacial score (nSPS) is 12.2. The number of aromatic amines is 1. The zero-order chi connectivity index (χ0) is 14.8. The van der Waals surface area contributed by atoms with Gasteiger partial charge in [0, 0.05) is 32.9 Å². The van der Waals surface area contributed by atoms with Gasteiger partial charge in [-0.1, -0.05) is 12.1 Å². The van der Waals surface area contributed by atoms with Crippen LogP contribution in [0.3, 0.4) is 0 Å². The summed E-state index contributed by atoms with van der Waals surface area (Å²) in [6.45, 7) is 0. The van der Waals surface area contributed by atoms with Gasteiger partial charge in [0.2, 0.25) is 0 Å². The van der Waals surface area contributed by atoms with Crippen LogP contribution in [0.1, 0.15) is 10.4 Å². The number of carbonyl (C=O) groups excluding carboxylic acids is 1. The van der Waals surface area contributed by atoms with E-state index in [4.69, 9.17) is 0 Å². The summed E-state index contributed by atoms with van der Waals surface area (Å²) in [4.78, 5) is 12.9. The Morgan fingerprint density at radius 3 is 2.57 bits per heavy atom. The van der Waals surface area contributed by atoms with Crippen LogP contribution < -0.4 is 5.32 Å². The minimum atomic E-state index is -1.05. The Balaban J connectivity index is 1.84. The summed E-state index contributed by atoms with van der Waals surface area (Å²) in [5, 5.41) is 10.6. The third kappa shape index (κ3) is 2.71. The highest BCUT2D eigenvalue weighted by Crippen LogP contribution is 2.20. The van der Waals surface area contributed by atoms with E-state index in [0.29, 0.717) is 16.3 Å². The molecule has 0 aliphatic heterocycles. The first-order valence-electron chi connectivity index (χ1n) is 6.33. The van der Waals surface area contributed by atoms with Gasteiger partial charge in [-0.15, -0.1) is 0 Å². The maximum absolute atomic E-state index is 12.2. The molecule has 21 heavy (non-hydrogen) atoms. The number of amides is 1. The molecule has 1 atom stereocenters. The molecule has 0 aliphatic rings. The number of H-pyrrole nitrogens is 1. The topological polar surface area (TPSA) is 74.8 Å². The van der Waals surface area contributed by atoms with Crippen LogP contribution in [0.25, 0.3) is 10.9 Å². The largest absolute Gasteiger partial charge is 0.305 e. The molecule has 0 aliphatic carbocycles. The molecule has 0 bridgehead atoms. The highest BCUT2D eigenvalue weighted by Gasteiger charge is 2.11. The van der Waals surface area contributed by atoms with Crippen LogP contribution >= 0.6 is 0 Å². The van der Waals surface area contributed by atoms with Crippen LogP contribution in [0.4, 0.5) is 5.82 Å². The SMILES string of the molecule is C[S@](=O)c1ccc(C(=O)Nc2n[nH]c3ccccc23)cc1. The molecule has 0 spiro atoms. The maximum atomic E-state index is 12.2. The van der Waals surface area contributed by atoms with E-state index >= 15 is 0 Å². The average Bonchev–Trinajstić information content (AvgIpc) is 2.91. The number of rotatable bonds is 3. The number of hydrogen-bond donors (Lipinski definition) is 2. The first-order chi connectivity index (χ1) is 10.1. The summed E-state index contributed by atoms with van der Waals surface area (Å²) in [5.74, 6) is 0.249. The van der Waals surface area contributed by atoms with Gasteiger partial charge in [0.25, 0.3) is 5.91 Å². The van der Waals surface area contributed by atoms with Gasteiger partial charge in [-0.05, 0) is 36.4 Å². The molecular weight excluding hydrogens is 286 g/mol. The summed E-state index contributed by atoms with van der Waals surface area (Å²) >= 11 is 0. The Bertz CT molecular complexity index is 824. The van der Waals surface area contributed by atoms with Crippen molar-refractivity contribution in [3.63, 3.8) is 0 Å². The van der Waals surface area contributed by atoms with E-state index < -0.39 is 10.8 Å². The number of nitrogens with zero attached hydrogens (tertiary/aromatic N) is 1. The Kier molecular flexibility index (Phi) is 3.53. The van der Waals surface area contributed by atoms with Crippen molar-refractivity contribution in [2.45, 2.75) is 4.90 Å². The van der Waals surface area contributed by atoms with Crippen molar-refractivity contribution in [1.82, 2.24) is 10.2 Å². The summed E-state index contributed by atoms with van der Waals surface area (Å²) in [6.07, 6.45) is 1.60. The first-order valence-corrected chi connectivity index (χ1v) is 7.89. The lowest BCUT2D eigenvalue weighted by Crippen LogP contribution is -2.12. The van der Waals surface area contributed by atoms with E-state index in [1.807, 2.05) is 24.3 Å². The summed E-state index contributed by atoms with van der Waals surface area (Å²) in [5.41, 5.74) is 1.36. The molecule has 3 aromatic rings. The second-order valence-corrected chi connectivity index (χ2v) is 5.93. The van der Waals surface area contributed by atoms with Crippen LogP contribution in [-0.2, 0) is 10.8 Å². The minimum absolute atomic E-state index is 0.249. The lowest BCUT2D eigenvalue weighted by Gasteiger charge is -2.03. The van der Waals surface area contributed by atoms with Crippen molar-refractivity contribution in [2.75, 3.05) is 11.6 Å². The van der Waals surface area contributed by atoms with E-state index in [1.54, 1.807) is 30.5 Å². The number of benzene rings is 2. The fourth-order valence-electron chi connectivity index (χ4n) is 2.04. The lowest BCUT2D eigenvalue weighted by molar-refractivity contribution is 0.102. The second kappa shape index (κ2) is 5.49. The third-order valence-corrected chi connectivity index (χ3v) is 4.09.